The molecule has 0 amide bonds. The lowest BCUT2D eigenvalue weighted by molar-refractivity contribution is -0.160. The van der Waals surface area contributed by atoms with Gasteiger partial charge in [0, 0.05) is 12.8 Å². The summed E-state index contributed by atoms with van der Waals surface area (Å²) in [5, 5.41) is 0. The molecule has 1 heterocycles. The summed E-state index contributed by atoms with van der Waals surface area (Å²) in [5.41, 5.74) is 0. The normalized spacial score (nSPS) is 21.3. The van der Waals surface area contributed by atoms with E-state index in [9.17, 15) is 9.59 Å². The summed E-state index contributed by atoms with van der Waals surface area (Å²) in [6, 6.07) is 0. The fourth-order valence-corrected chi connectivity index (χ4v) is 1.12. The fourth-order valence-electron chi connectivity index (χ4n) is 1.12. The van der Waals surface area contributed by atoms with E-state index in [2.05, 4.69) is 4.74 Å². The Hall–Kier alpha value is -1.06. The van der Waals surface area contributed by atoms with E-state index in [0.29, 0.717) is 19.4 Å². The standard InChI is InChI=1S/C9H14O4/c1-2-3-4-8(10)13-7-5-6-12-9(7)11/h7H,2-6H2,1H3/t7-/m0/s1. The van der Waals surface area contributed by atoms with Crippen molar-refractivity contribution >= 4 is 11.9 Å². The summed E-state index contributed by atoms with van der Waals surface area (Å²) in [6.45, 7) is 2.36. The Morgan fingerprint density at radius 2 is 2.46 bits per heavy atom. The lowest BCUT2D eigenvalue weighted by Gasteiger charge is -2.07. The molecule has 0 spiro atoms. The maximum Gasteiger partial charge on any atom is 0.347 e. The van der Waals surface area contributed by atoms with Gasteiger partial charge in [-0.25, -0.2) is 4.79 Å². The molecule has 1 saturated heterocycles. The molecular formula is C9H14O4. The summed E-state index contributed by atoms with van der Waals surface area (Å²) in [6.07, 6.45) is 1.99. The molecule has 0 unspecified atom stereocenters. The third-order valence-electron chi connectivity index (χ3n) is 1.90. The maximum atomic E-state index is 11.1. The van der Waals surface area contributed by atoms with Crippen molar-refractivity contribution in [3.63, 3.8) is 0 Å². The molecule has 1 aliphatic heterocycles. The summed E-state index contributed by atoms with van der Waals surface area (Å²) < 4.78 is 9.57. The first kappa shape index (κ1) is 10.0. The topological polar surface area (TPSA) is 52.6 Å². The molecule has 13 heavy (non-hydrogen) atoms. The van der Waals surface area contributed by atoms with Crippen molar-refractivity contribution in [2.24, 2.45) is 0 Å². The molecule has 0 aromatic rings. The van der Waals surface area contributed by atoms with E-state index < -0.39 is 12.1 Å². The molecular weight excluding hydrogens is 172 g/mol. The van der Waals surface area contributed by atoms with Crippen molar-refractivity contribution < 1.29 is 19.1 Å². The molecule has 4 nitrogen and oxygen atoms in total. The van der Waals surface area contributed by atoms with Crippen LogP contribution in [0.4, 0.5) is 0 Å². The molecule has 0 bridgehead atoms. The molecule has 4 heteroatoms. The summed E-state index contributed by atoms with van der Waals surface area (Å²) in [4.78, 5) is 22.0. The van der Waals surface area contributed by atoms with Gasteiger partial charge in [0.2, 0.25) is 6.10 Å². The molecule has 1 rings (SSSR count). The highest BCUT2D eigenvalue weighted by Gasteiger charge is 2.29. The molecule has 1 fully saturated rings. The van der Waals surface area contributed by atoms with Crippen LogP contribution in [0.2, 0.25) is 0 Å². The first-order valence-corrected chi connectivity index (χ1v) is 4.60. The summed E-state index contributed by atoms with van der Waals surface area (Å²) in [7, 11) is 0. The quantitative estimate of drug-likeness (QED) is 0.615. The van der Waals surface area contributed by atoms with E-state index in [-0.39, 0.29) is 5.97 Å². The number of rotatable bonds is 4. The Balaban J connectivity index is 2.23. The molecule has 1 atom stereocenters. The highest BCUT2D eigenvalue weighted by Crippen LogP contribution is 2.11. The van der Waals surface area contributed by atoms with Gasteiger partial charge in [0.25, 0.3) is 0 Å². The number of hydrogen-bond acceptors (Lipinski definition) is 4. The van der Waals surface area contributed by atoms with Gasteiger partial charge in [-0.15, -0.1) is 0 Å². The van der Waals surface area contributed by atoms with Crippen molar-refractivity contribution in [2.75, 3.05) is 6.61 Å². The van der Waals surface area contributed by atoms with Gasteiger partial charge in [-0.1, -0.05) is 13.3 Å². The minimum absolute atomic E-state index is 0.300. The minimum atomic E-state index is -0.649. The minimum Gasteiger partial charge on any atom is -0.463 e. The number of carbonyl (C=O) groups is 2. The zero-order valence-electron chi connectivity index (χ0n) is 7.75. The second-order valence-corrected chi connectivity index (χ2v) is 3.04. The van der Waals surface area contributed by atoms with E-state index in [1.54, 1.807) is 0 Å². The second-order valence-electron chi connectivity index (χ2n) is 3.04. The molecule has 74 valence electrons. The van der Waals surface area contributed by atoms with Crippen LogP contribution < -0.4 is 0 Å². The van der Waals surface area contributed by atoms with Gasteiger partial charge in [-0.3, -0.25) is 4.79 Å². The zero-order chi connectivity index (χ0) is 9.68. The predicted molar refractivity (Wildman–Crippen MR) is 45.0 cm³/mol. The SMILES string of the molecule is CCCCC(=O)O[C@H]1CCOC1=O. The maximum absolute atomic E-state index is 11.1. The van der Waals surface area contributed by atoms with Gasteiger partial charge in [0.15, 0.2) is 0 Å². The van der Waals surface area contributed by atoms with Crippen molar-refractivity contribution in [2.45, 2.75) is 38.7 Å². The number of carbonyl (C=O) groups excluding carboxylic acids is 2. The van der Waals surface area contributed by atoms with Crippen LogP contribution in [0.15, 0.2) is 0 Å². The van der Waals surface area contributed by atoms with Crippen molar-refractivity contribution in [1.82, 2.24) is 0 Å². The van der Waals surface area contributed by atoms with Crippen molar-refractivity contribution in [3.8, 4) is 0 Å². The molecule has 1 aliphatic rings. The van der Waals surface area contributed by atoms with Crippen LogP contribution in [0, 0.1) is 0 Å². The number of hydrogen-bond donors (Lipinski definition) is 0. The van der Waals surface area contributed by atoms with Crippen LogP contribution in [0.1, 0.15) is 32.6 Å². The van der Waals surface area contributed by atoms with Crippen LogP contribution in [-0.2, 0) is 19.1 Å². The van der Waals surface area contributed by atoms with Gasteiger partial charge in [0.05, 0.1) is 6.61 Å². The summed E-state index contributed by atoms with van der Waals surface area (Å²) in [5.74, 6) is -0.712. The Labute approximate surface area is 77.2 Å². The number of unbranched alkanes of at least 4 members (excludes halogenated alkanes) is 1. The Morgan fingerprint density at radius 1 is 1.69 bits per heavy atom. The average Bonchev–Trinajstić information content (AvgIpc) is 2.48. The van der Waals surface area contributed by atoms with Crippen molar-refractivity contribution in [1.29, 1.82) is 0 Å². The van der Waals surface area contributed by atoms with E-state index in [4.69, 9.17) is 4.74 Å². The third-order valence-corrected chi connectivity index (χ3v) is 1.90. The van der Waals surface area contributed by atoms with Gasteiger partial charge in [-0.2, -0.15) is 0 Å². The smallest absolute Gasteiger partial charge is 0.347 e. The van der Waals surface area contributed by atoms with E-state index in [1.165, 1.54) is 0 Å². The highest BCUT2D eigenvalue weighted by molar-refractivity contribution is 5.80. The molecule has 0 N–H and O–H groups in total. The highest BCUT2D eigenvalue weighted by atomic mass is 16.6. The van der Waals surface area contributed by atoms with E-state index >= 15 is 0 Å². The van der Waals surface area contributed by atoms with Gasteiger partial charge >= 0.3 is 11.9 Å². The summed E-state index contributed by atoms with van der Waals surface area (Å²) >= 11 is 0. The molecule has 0 aliphatic carbocycles. The third kappa shape index (κ3) is 3.05. The van der Waals surface area contributed by atoms with Crippen LogP contribution in [-0.4, -0.2) is 24.6 Å². The Morgan fingerprint density at radius 3 is 3.00 bits per heavy atom. The Bertz CT molecular complexity index is 200. The Kier molecular flexibility index (Phi) is 3.73. The lowest BCUT2D eigenvalue weighted by atomic mass is 10.2. The van der Waals surface area contributed by atoms with Gasteiger partial charge < -0.3 is 9.47 Å². The number of cyclic esters (lactones) is 1. The molecule has 0 aromatic heterocycles. The van der Waals surface area contributed by atoms with Crippen LogP contribution in [0.3, 0.4) is 0 Å². The molecule has 0 saturated carbocycles. The zero-order valence-corrected chi connectivity index (χ0v) is 7.75. The first-order chi connectivity index (χ1) is 6.24. The van der Waals surface area contributed by atoms with E-state index in [0.717, 1.165) is 12.8 Å². The van der Waals surface area contributed by atoms with Crippen molar-refractivity contribution in [3.05, 3.63) is 0 Å². The van der Waals surface area contributed by atoms with Crippen LogP contribution in [0.5, 0.6) is 0 Å². The predicted octanol–water partition coefficient (Wildman–Crippen LogP) is 1.04. The number of ether oxygens (including phenoxy) is 2. The molecule has 0 aromatic carbocycles. The lowest BCUT2D eigenvalue weighted by Crippen LogP contribution is -2.22. The van der Waals surface area contributed by atoms with Gasteiger partial charge in [-0.05, 0) is 6.42 Å². The first-order valence-electron chi connectivity index (χ1n) is 4.60. The average molecular weight is 186 g/mol. The van der Waals surface area contributed by atoms with Gasteiger partial charge in [0.1, 0.15) is 0 Å². The largest absolute Gasteiger partial charge is 0.463 e. The second kappa shape index (κ2) is 4.84. The number of esters is 2. The van der Waals surface area contributed by atoms with Crippen LogP contribution in [0.25, 0.3) is 0 Å². The van der Waals surface area contributed by atoms with E-state index in [1.807, 2.05) is 6.92 Å². The fraction of sp³-hybridized carbons (Fsp3) is 0.778. The molecule has 0 radical (unpaired) electrons. The van der Waals surface area contributed by atoms with Crippen LogP contribution >= 0.6 is 0 Å². The monoisotopic (exact) mass is 186 g/mol.